The van der Waals surface area contributed by atoms with Crippen molar-refractivity contribution in [2.45, 2.75) is 70.4 Å². The predicted octanol–water partition coefficient (Wildman–Crippen LogP) is 4.47. The number of hydrogen-bond donors (Lipinski definition) is 1. The van der Waals surface area contributed by atoms with Crippen molar-refractivity contribution in [1.29, 1.82) is 0 Å². The van der Waals surface area contributed by atoms with Crippen LogP contribution in [0.3, 0.4) is 0 Å². The average molecular weight is 343 g/mol. The Morgan fingerprint density at radius 3 is 2.64 bits per heavy atom. The molecule has 1 saturated heterocycles. The lowest BCUT2D eigenvalue weighted by atomic mass is 9.89. The SMILES string of the molecule is C#CC1OC(=O)NC1(C)CCc1ccc(OCCCCCCC)cc1. The predicted molar refractivity (Wildman–Crippen MR) is 99.7 cm³/mol. The fourth-order valence-corrected chi connectivity index (χ4v) is 3.03. The van der Waals surface area contributed by atoms with Crippen LogP contribution in [0.25, 0.3) is 0 Å². The molecule has 1 aromatic carbocycles. The fraction of sp³-hybridized carbons (Fsp3) is 0.571. The van der Waals surface area contributed by atoms with Gasteiger partial charge >= 0.3 is 6.09 Å². The van der Waals surface area contributed by atoms with Gasteiger partial charge in [0.15, 0.2) is 6.10 Å². The van der Waals surface area contributed by atoms with E-state index in [4.69, 9.17) is 15.9 Å². The van der Waals surface area contributed by atoms with Gasteiger partial charge in [0, 0.05) is 0 Å². The lowest BCUT2D eigenvalue weighted by Gasteiger charge is -2.25. The third-order valence-electron chi connectivity index (χ3n) is 4.72. The standard InChI is InChI=1S/C21H29NO3/c1-4-6-7-8-9-16-24-18-12-10-17(11-13-18)14-15-21(3)19(5-2)25-20(23)22-21/h2,10-13,19H,4,6-9,14-16H2,1,3H3,(H,22,23). The van der Waals surface area contributed by atoms with Gasteiger partial charge in [-0.25, -0.2) is 4.79 Å². The van der Waals surface area contributed by atoms with Crippen LogP contribution in [0.4, 0.5) is 4.79 Å². The Hall–Kier alpha value is -2.15. The van der Waals surface area contributed by atoms with Gasteiger partial charge < -0.3 is 14.8 Å². The number of cyclic esters (lactones) is 1. The molecule has 2 rings (SSSR count). The minimum absolute atomic E-state index is 0.437. The summed E-state index contributed by atoms with van der Waals surface area (Å²) in [4.78, 5) is 11.4. The van der Waals surface area contributed by atoms with Crippen molar-refractivity contribution in [1.82, 2.24) is 5.32 Å². The minimum atomic E-state index is -0.518. The van der Waals surface area contributed by atoms with E-state index in [1.807, 2.05) is 19.1 Å². The van der Waals surface area contributed by atoms with E-state index < -0.39 is 17.7 Å². The molecule has 0 saturated carbocycles. The van der Waals surface area contributed by atoms with Crippen LogP contribution in [0.5, 0.6) is 5.75 Å². The number of unbranched alkanes of at least 4 members (excludes halogenated alkanes) is 4. The Kier molecular flexibility index (Phi) is 7.18. The summed E-state index contributed by atoms with van der Waals surface area (Å²) in [6, 6.07) is 8.15. The molecule has 0 aromatic heterocycles. The van der Waals surface area contributed by atoms with Gasteiger partial charge in [-0.05, 0) is 43.9 Å². The van der Waals surface area contributed by atoms with Crippen LogP contribution in [-0.2, 0) is 11.2 Å². The maximum absolute atomic E-state index is 11.4. The van der Waals surface area contributed by atoms with E-state index in [1.54, 1.807) is 0 Å². The second kappa shape index (κ2) is 9.36. The zero-order valence-corrected chi connectivity index (χ0v) is 15.3. The van der Waals surface area contributed by atoms with E-state index in [9.17, 15) is 4.79 Å². The van der Waals surface area contributed by atoms with E-state index in [1.165, 1.54) is 31.2 Å². The topological polar surface area (TPSA) is 47.6 Å². The first-order valence-corrected chi connectivity index (χ1v) is 9.24. The smallest absolute Gasteiger partial charge is 0.409 e. The summed E-state index contributed by atoms with van der Waals surface area (Å²) in [5, 5.41) is 2.83. The second-order valence-corrected chi connectivity index (χ2v) is 6.90. The van der Waals surface area contributed by atoms with Crippen LogP contribution in [0.1, 0.15) is 57.9 Å². The van der Waals surface area contributed by atoms with Crippen molar-refractivity contribution in [3.8, 4) is 18.1 Å². The first-order valence-electron chi connectivity index (χ1n) is 9.24. The van der Waals surface area contributed by atoms with E-state index >= 15 is 0 Å². The monoisotopic (exact) mass is 343 g/mol. The summed E-state index contributed by atoms with van der Waals surface area (Å²) in [7, 11) is 0. The summed E-state index contributed by atoms with van der Waals surface area (Å²) in [6.45, 7) is 4.92. The highest BCUT2D eigenvalue weighted by molar-refractivity contribution is 5.72. The van der Waals surface area contributed by atoms with Gasteiger partial charge in [0.1, 0.15) is 5.75 Å². The fourth-order valence-electron chi connectivity index (χ4n) is 3.03. The Morgan fingerprint density at radius 2 is 1.96 bits per heavy atom. The van der Waals surface area contributed by atoms with E-state index in [2.05, 4.69) is 30.3 Å². The van der Waals surface area contributed by atoms with Gasteiger partial charge in [-0.1, -0.05) is 50.7 Å². The highest BCUT2D eigenvalue weighted by atomic mass is 16.6. The number of carbonyl (C=O) groups is 1. The molecule has 0 aliphatic carbocycles. The number of hydrogen-bond acceptors (Lipinski definition) is 3. The number of rotatable bonds is 10. The molecular formula is C21H29NO3. The summed E-state index contributed by atoms with van der Waals surface area (Å²) >= 11 is 0. The van der Waals surface area contributed by atoms with Crippen molar-refractivity contribution < 1.29 is 14.3 Å². The summed E-state index contributed by atoms with van der Waals surface area (Å²) in [6.07, 6.45) is 12.2. The number of ether oxygens (including phenoxy) is 2. The molecule has 0 spiro atoms. The zero-order valence-electron chi connectivity index (χ0n) is 15.3. The third kappa shape index (κ3) is 5.70. The molecule has 1 heterocycles. The summed E-state index contributed by atoms with van der Waals surface area (Å²) in [5.41, 5.74) is 0.674. The number of nitrogens with one attached hydrogen (secondary N) is 1. The van der Waals surface area contributed by atoms with Crippen LogP contribution >= 0.6 is 0 Å². The van der Waals surface area contributed by atoms with Gasteiger partial charge in [-0.2, -0.15) is 0 Å². The highest BCUT2D eigenvalue weighted by Gasteiger charge is 2.43. The molecular weight excluding hydrogens is 314 g/mol. The molecule has 4 nitrogen and oxygen atoms in total. The number of carbonyl (C=O) groups excluding carboxylic acids is 1. The number of amides is 1. The van der Waals surface area contributed by atoms with Crippen molar-refractivity contribution in [2.24, 2.45) is 0 Å². The van der Waals surface area contributed by atoms with Crippen molar-refractivity contribution in [2.75, 3.05) is 6.61 Å². The molecule has 1 N–H and O–H groups in total. The second-order valence-electron chi connectivity index (χ2n) is 6.90. The van der Waals surface area contributed by atoms with Crippen molar-refractivity contribution in [3.63, 3.8) is 0 Å². The van der Waals surface area contributed by atoms with Gasteiger partial charge in [0.25, 0.3) is 0 Å². The molecule has 1 fully saturated rings. The largest absolute Gasteiger partial charge is 0.494 e. The first kappa shape index (κ1) is 19.2. The molecule has 1 aromatic rings. The van der Waals surface area contributed by atoms with Gasteiger partial charge in [0.05, 0.1) is 12.1 Å². The van der Waals surface area contributed by atoms with Crippen LogP contribution in [0.15, 0.2) is 24.3 Å². The van der Waals surface area contributed by atoms with Crippen LogP contribution in [0.2, 0.25) is 0 Å². The molecule has 136 valence electrons. The van der Waals surface area contributed by atoms with Crippen molar-refractivity contribution >= 4 is 6.09 Å². The lowest BCUT2D eigenvalue weighted by Crippen LogP contribution is -2.45. The average Bonchev–Trinajstić information content (AvgIpc) is 2.91. The maximum atomic E-state index is 11.4. The highest BCUT2D eigenvalue weighted by Crippen LogP contribution is 2.26. The number of aryl methyl sites for hydroxylation is 1. The molecule has 0 bridgehead atoms. The Labute approximate surface area is 151 Å². The zero-order chi connectivity index (χ0) is 18.1. The first-order chi connectivity index (χ1) is 12.1. The van der Waals surface area contributed by atoms with Crippen LogP contribution < -0.4 is 10.1 Å². The van der Waals surface area contributed by atoms with E-state index in [0.717, 1.165) is 31.6 Å². The Morgan fingerprint density at radius 1 is 1.24 bits per heavy atom. The molecule has 2 atom stereocenters. The third-order valence-corrected chi connectivity index (χ3v) is 4.72. The Balaban J connectivity index is 1.75. The molecule has 4 heteroatoms. The molecule has 1 aliphatic rings. The van der Waals surface area contributed by atoms with Gasteiger partial charge in [0.2, 0.25) is 0 Å². The Bertz CT molecular complexity index is 590. The molecule has 2 unspecified atom stereocenters. The number of terminal acetylenes is 1. The van der Waals surface area contributed by atoms with Gasteiger partial charge in [-0.15, -0.1) is 6.42 Å². The summed E-state index contributed by atoms with van der Waals surface area (Å²) < 4.78 is 10.9. The van der Waals surface area contributed by atoms with Crippen LogP contribution in [-0.4, -0.2) is 24.3 Å². The number of alkyl carbamates (subject to hydrolysis) is 1. The molecule has 1 aliphatic heterocycles. The van der Waals surface area contributed by atoms with Gasteiger partial charge in [-0.3, -0.25) is 0 Å². The minimum Gasteiger partial charge on any atom is -0.494 e. The normalized spacial score (nSPS) is 22.1. The summed E-state index contributed by atoms with van der Waals surface area (Å²) in [5.74, 6) is 3.45. The molecule has 0 radical (unpaired) electrons. The van der Waals surface area contributed by atoms with E-state index in [0.29, 0.717) is 0 Å². The maximum Gasteiger partial charge on any atom is 0.409 e. The van der Waals surface area contributed by atoms with E-state index in [-0.39, 0.29) is 0 Å². The number of benzene rings is 1. The van der Waals surface area contributed by atoms with Crippen molar-refractivity contribution in [3.05, 3.63) is 29.8 Å². The van der Waals surface area contributed by atoms with Crippen LogP contribution in [0, 0.1) is 12.3 Å². The molecule has 25 heavy (non-hydrogen) atoms. The quantitative estimate of drug-likeness (QED) is 0.504. The lowest BCUT2D eigenvalue weighted by molar-refractivity contribution is 0.144. The molecule has 1 amide bonds.